The lowest BCUT2D eigenvalue weighted by Crippen LogP contribution is -2.20. The van der Waals surface area contributed by atoms with Crippen molar-refractivity contribution in [1.29, 1.82) is 0 Å². The van der Waals surface area contributed by atoms with E-state index in [9.17, 15) is 0 Å². The summed E-state index contributed by atoms with van der Waals surface area (Å²) < 4.78 is 26.5. The second-order valence-corrected chi connectivity index (χ2v) is 14.8. The summed E-state index contributed by atoms with van der Waals surface area (Å²) in [7, 11) is 0. The Hall–Kier alpha value is -6.89. The van der Waals surface area contributed by atoms with Crippen molar-refractivity contribution in [1.82, 2.24) is 0 Å². The fourth-order valence-corrected chi connectivity index (χ4v) is 9.15. The van der Waals surface area contributed by atoms with E-state index in [0.29, 0.717) is 0 Å². The molecule has 0 bridgehead atoms. The summed E-state index contributed by atoms with van der Waals surface area (Å²) in [6.07, 6.45) is 2.12. The number of thioether (sulfide) groups is 1. The molecule has 8 aromatic carbocycles. The van der Waals surface area contributed by atoms with Gasteiger partial charge in [-0.1, -0.05) is 91.0 Å². The average Bonchev–Trinajstić information content (AvgIpc) is 3.82. The van der Waals surface area contributed by atoms with E-state index in [2.05, 4.69) is 126 Å². The first kappa shape index (κ1) is 30.6. The zero-order valence-corrected chi connectivity index (χ0v) is 30.3. The minimum atomic E-state index is 0.719. The van der Waals surface area contributed by atoms with E-state index >= 15 is 0 Å². The fraction of sp³-hybridized carbons (Fsp3) is 0.0204. The maximum atomic E-state index is 6.98. The summed E-state index contributed by atoms with van der Waals surface area (Å²) in [5.41, 5.74) is 12.6. The van der Waals surface area contributed by atoms with Crippen LogP contribution in [-0.4, -0.2) is 6.26 Å². The molecular weight excluding hydrogens is 699 g/mol. The lowest BCUT2D eigenvalue weighted by atomic mass is 9.95. The SMILES string of the molecule is CSc1ccccc1-c1ccc2c(c1)Oc1cc(-c3cccc4oc5ccccc5c34)cc3c1N2c1ccc(-c2cccc4oc5ccccc5c24)cc1O3. The van der Waals surface area contributed by atoms with Crippen molar-refractivity contribution >= 4 is 72.7 Å². The third-order valence-corrected chi connectivity index (χ3v) is 11.7. The maximum absolute atomic E-state index is 6.98. The number of fused-ring (bicyclic) bond motifs is 10. The normalized spacial score (nSPS) is 12.8. The first-order chi connectivity index (χ1) is 27.2. The Morgan fingerprint density at radius 3 is 1.49 bits per heavy atom. The molecule has 55 heavy (non-hydrogen) atoms. The predicted octanol–water partition coefficient (Wildman–Crippen LogP) is 14.9. The van der Waals surface area contributed by atoms with Crippen LogP contribution in [0.3, 0.4) is 0 Å². The van der Waals surface area contributed by atoms with Crippen molar-refractivity contribution in [2.24, 2.45) is 0 Å². The van der Waals surface area contributed by atoms with Gasteiger partial charge in [-0.25, -0.2) is 0 Å². The minimum absolute atomic E-state index is 0.719. The largest absolute Gasteiger partial charge is 0.456 e. The number of furan rings is 2. The summed E-state index contributed by atoms with van der Waals surface area (Å²) >= 11 is 1.74. The number of nitrogens with zero attached hydrogens (tertiary/aromatic N) is 1. The molecule has 0 amide bonds. The summed E-state index contributed by atoms with van der Waals surface area (Å²) in [5.74, 6) is 2.98. The number of benzene rings is 8. The molecule has 0 fully saturated rings. The van der Waals surface area contributed by atoms with Crippen molar-refractivity contribution in [3.63, 3.8) is 0 Å². The molecule has 260 valence electrons. The van der Waals surface area contributed by atoms with E-state index in [-0.39, 0.29) is 0 Å². The van der Waals surface area contributed by atoms with Crippen molar-refractivity contribution in [3.8, 4) is 56.4 Å². The molecule has 2 aliphatic heterocycles. The summed E-state index contributed by atoms with van der Waals surface area (Å²) in [6, 6.07) is 54.7. The van der Waals surface area contributed by atoms with Crippen LogP contribution in [0.15, 0.2) is 171 Å². The molecule has 0 unspecified atom stereocenters. The van der Waals surface area contributed by atoms with Gasteiger partial charge in [0.15, 0.2) is 23.0 Å². The summed E-state index contributed by atoms with van der Waals surface area (Å²) in [4.78, 5) is 3.51. The number of rotatable bonds is 4. The molecule has 10 aromatic rings. The molecule has 0 atom stereocenters. The van der Waals surface area contributed by atoms with Crippen LogP contribution in [0.5, 0.6) is 23.0 Å². The molecule has 0 N–H and O–H groups in total. The molecular formula is C49H29NO4S. The van der Waals surface area contributed by atoms with Gasteiger partial charge in [0.05, 0.1) is 11.4 Å². The topological polar surface area (TPSA) is 48.0 Å². The number of anilines is 3. The Morgan fingerprint density at radius 1 is 0.418 bits per heavy atom. The van der Waals surface area contributed by atoms with Crippen molar-refractivity contribution in [3.05, 3.63) is 158 Å². The second-order valence-electron chi connectivity index (χ2n) is 14.0. The van der Waals surface area contributed by atoms with Crippen molar-refractivity contribution < 1.29 is 18.3 Å². The van der Waals surface area contributed by atoms with Gasteiger partial charge in [-0.05, 0) is 106 Å². The van der Waals surface area contributed by atoms with Gasteiger partial charge in [-0.3, -0.25) is 4.90 Å². The highest BCUT2D eigenvalue weighted by molar-refractivity contribution is 7.98. The highest BCUT2D eigenvalue weighted by atomic mass is 32.2. The molecule has 6 heteroatoms. The van der Waals surface area contributed by atoms with Crippen LogP contribution >= 0.6 is 11.8 Å². The maximum Gasteiger partial charge on any atom is 0.156 e. The van der Waals surface area contributed by atoms with Crippen molar-refractivity contribution in [2.75, 3.05) is 11.2 Å². The van der Waals surface area contributed by atoms with E-state index in [0.717, 1.165) is 112 Å². The third-order valence-electron chi connectivity index (χ3n) is 10.9. The molecule has 0 aliphatic carbocycles. The quantitative estimate of drug-likeness (QED) is 0.168. The Labute approximate surface area is 319 Å². The monoisotopic (exact) mass is 727 g/mol. The number of ether oxygens (including phenoxy) is 2. The first-order valence-electron chi connectivity index (χ1n) is 18.3. The van der Waals surface area contributed by atoms with Crippen LogP contribution in [0.25, 0.3) is 77.3 Å². The Kier molecular flexibility index (Phi) is 6.42. The lowest BCUT2D eigenvalue weighted by Gasteiger charge is -2.38. The van der Waals surface area contributed by atoms with E-state index in [1.807, 2.05) is 42.5 Å². The molecule has 2 aliphatic rings. The standard InChI is InChI=1S/C49H29NO4S/c1-55-46-19-7-4-10-31(46)28-20-22-36-42(24-28)53-44-26-30(33-14-9-18-41-48(33)35-12-3-6-16-39(35)52-41)27-45-49(44)50(36)37-23-21-29(25-43(37)54-45)32-13-8-17-40-47(32)34-11-2-5-15-38(34)51-40/h2-27H,1H3. The number of hydrogen-bond acceptors (Lipinski definition) is 6. The van der Waals surface area contributed by atoms with Crippen molar-refractivity contribution in [2.45, 2.75) is 4.90 Å². The van der Waals surface area contributed by atoms with Gasteiger partial charge in [-0.2, -0.15) is 0 Å². The Morgan fingerprint density at radius 2 is 0.891 bits per heavy atom. The molecule has 0 radical (unpaired) electrons. The molecule has 0 spiro atoms. The molecule has 5 nitrogen and oxygen atoms in total. The zero-order chi connectivity index (χ0) is 36.2. The Bertz CT molecular complexity index is 3230. The van der Waals surface area contributed by atoms with Crippen LogP contribution in [0.4, 0.5) is 17.1 Å². The van der Waals surface area contributed by atoms with Crippen LogP contribution in [-0.2, 0) is 0 Å². The Balaban J connectivity index is 1.08. The predicted molar refractivity (Wildman–Crippen MR) is 224 cm³/mol. The second kappa shape index (κ2) is 11.6. The average molecular weight is 728 g/mol. The van der Waals surface area contributed by atoms with Gasteiger partial charge in [0.25, 0.3) is 0 Å². The van der Waals surface area contributed by atoms with E-state index < -0.39 is 0 Å². The molecule has 0 saturated heterocycles. The lowest BCUT2D eigenvalue weighted by molar-refractivity contribution is 0.446. The van der Waals surface area contributed by atoms with Gasteiger partial charge in [0.1, 0.15) is 28.0 Å². The van der Waals surface area contributed by atoms with Gasteiger partial charge < -0.3 is 18.3 Å². The number of para-hydroxylation sites is 2. The van der Waals surface area contributed by atoms with Crippen LogP contribution in [0.1, 0.15) is 0 Å². The minimum Gasteiger partial charge on any atom is -0.456 e. The van der Waals surface area contributed by atoms with Gasteiger partial charge in [0.2, 0.25) is 0 Å². The fourth-order valence-electron chi connectivity index (χ4n) is 8.53. The van der Waals surface area contributed by atoms with E-state index in [1.165, 1.54) is 10.5 Å². The van der Waals surface area contributed by atoms with E-state index in [4.69, 9.17) is 18.3 Å². The summed E-state index contributed by atoms with van der Waals surface area (Å²) in [5, 5.41) is 4.32. The first-order valence-corrected chi connectivity index (χ1v) is 19.5. The van der Waals surface area contributed by atoms with Gasteiger partial charge in [0, 0.05) is 26.4 Å². The smallest absolute Gasteiger partial charge is 0.156 e. The summed E-state index contributed by atoms with van der Waals surface area (Å²) in [6.45, 7) is 0. The third kappa shape index (κ3) is 4.49. The molecule has 12 rings (SSSR count). The molecule has 4 heterocycles. The van der Waals surface area contributed by atoms with E-state index in [1.54, 1.807) is 11.8 Å². The molecule has 0 saturated carbocycles. The highest BCUT2D eigenvalue weighted by Gasteiger charge is 2.36. The zero-order valence-electron chi connectivity index (χ0n) is 29.5. The van der Waals surface area contributed by atoms with Crippen LogP contribution in [0, 0.1) is 0 Å². The number of hydrogen-bond donors (Lipinski definition) is 0. The van der Waals surface area contributed by atoms with Crippen LogP contribution in [0.2, 0.25) is 0 Å². The highest BCUT2D eigenvalue weighted by Crippen LogP contribution is 2.61. The van der Waals surface area contributed by atoms with Gasteiger partial charge in [-0.15, -0.1) is 11.8 Å². The van der Waals surface area contributed by atoms with Crippen LogP contribution < -0.4 is 14.4 Å². The van der Waals surface area contributed by atoms with Gasteiger partial charge >= 0.3 is 0 Å². The molecule has 2 aromatic heterocycles.